The van der Waals surface area contributed by atoms with Gasteiger partial charge in [0, 0.05) is 4.58 Å². The average molecular weight is 164 g/mol. The minimum atomic E-state index is 0.311. The van der Waals surface area contributed by atoms with Crippen molar-refractivity contribution in [1.29, 1.82) is 0 Å². The summed E-state index contributed by atoms with van der Waals surface area (Å²) < 4.78 is 0.925. The van der Waals surface area contributed by atoms with Crippen LogP contribution >= 0.6 is 22.4 Å². The first-order valence-corrected chi connectivity index (χ1v) is 8.40. The molecule has 0 aliphatic carbocycles. The van der Waals surface area contributed by atoms with Gasteiger partial charge in [-0.1, -0.05) is 20.8 Å². The average Bonchev–Trinajstić information content (AvgIpc) is 1.16. The van der Waals surface area contributed by atoms with Crippen LogP contribution in [0.2, 0.25) is 0 Å². The molecule has 8 heavy (non-hydrogen) atoms. The zero-order valence-electron chi connectivity index (χ0n) is 5.60. The summed E-state index contributed by atoms with van der Waals surface area (Å²) in [6.45, 7) is 6.97. The minimum Gasteiger partial charge on any atom is -0.166 e. The van der Waals surface area contributed by atoms with E-state index in [1.54, 1.807) is 0 Å². The highest BCUT2D eigenvalue weighted by molar-refractivity contribution is 8.64. The lowest BCUT2D eigenvalue weighted by Gasteiger charge is -2.36. The van der Waals surface area contributed by atoms with Crippen molar-refractivity contribution in [3.8, 4) is 0 Å². The van der Waals surface area contributed by atoms with Crippen LogP contribution in [0.3, 0.4) is 0 Å². The molecule has 0 unspecified atom stereocenters. The molecule has 1 aliphatic heterocycles. The molecule has 0 aromatic rings. The summed E-state index contributed by atoms with van der Waals surface area (Å²) in [4.78, 5) is 0. The lowest BCUT2D eigenvalue weighted by Crippen LogP contribution is -2.26. The quantitative estimate of drug-likeness (QED) is 0.501. The summed E-state index contributed by atoms with van der Waals surface area (Å²) in [6.07, 6.45) is 0. The number of hydrogen-bond acceptors (Lipinski definition) is 2. The largest absolute Gasteiger partial charge is 0.166 e. The smallest absolute Gasteiger partial charge is 0.149 e. The van der Waals surface area contributed by atoms with Gasteiger partial charge in [0.15, 0.2) is 0 Å². The monoisotopic (exact) mass is 164 g/mol. The van der Waals surface area contributed by atoms with Crippen molar-refractivity contribution >= 4 is 30.2 Å². The van der Waals surface area contributed by atoms with Crippen molar-refractivity contribution < 1.29 is 0 Å². The maximum absolute atomic E-state index is 2.32. The van der Waals surface area contributed by atoms with Gasteiger partial charge in [0.2, 0.25) is 0 Å². The summed E-state index contributed by atoms with van der Waals surface area (Å²) in [5, 5.41) is 0. The van der Waals surface area contributed by atoms with Crippen LogP contribution in [0.4, 0.5) is 0 Å². The third kappa shape index (κ3) is 1.45. The Morgan fingerprint density at radius 2 is 1.75 bits per heavy atom. The third-order valence-electron chi connectivity index (χ3n) is 1.15. The van der Waals surface area contributed by atoms with Gasteiger partial charge < -0.3 is 0 Å². The molecule has 1 saturated heterocycles. The maximum atomic E-state index is 2.32. The van der Waals surface area contributed by atoms with Gasteiger partial charge in [-0.2, -0.15) is 22.4 Å². The molecular weight excluding hydrogens is 152 g/mol. The molecule has 1 fully saturated rings. The normalized spacial score (nSPS) is 32.6. The van der Waals surface area contributed by atoms with Gasteiger partial charge in [0.1, 0.15) is 7.82 Å². The predicted molar refractivity (Wildman–Crippen MR) is 47.0 cm³/mol. The van der Waals surface area contributed by atoms with E-state index >= 15 is 0 Å². The number of rotatable bonds is 0. The second-order valence-corrected chi connectivity index (χ2v) is 10.1. The molecule has 1 rings (SSSR count). The summed E-state index contributed by atoms with van der Waals surface area (Å²) in [6, 6.07) is 0. The summed E-state index contributed by atoms with van der Waals surface area (Å²) in [7, 11) is 0.311. The minimum absolute atomic E-state index is 0.311. The van der Waals surface area contributed by atoms with Crippen molar-refractivity contribution in [2.75, 3.05) is 0 Å². The van der Waals surface area contributed by atoms with Crippen LogP contribution in [0.5, 0.6) is 0 Å². The Kier molecular flexibility index (Phi) is 1.99. The van der Waals surface area contributed by atoms with Gasteiger partial charge in [0.05, 0.1) is 0 Å². The van der Waals surface area contributed by atoms with E-state index in [9.17, 15) is 0 Å². The lowest BCUT2D eigenvalue weighted by molar-refractivity contribution is 0.461. The first-order valence-electron chi connectivity index (χ1n) is 2.84. The summed E-state index contributed by atoms with van der Waals surface area (Å²) in [5.41, 5.74) is 0.556. The van der Waals surface area contributed by atoms with Gasteiger partial charge in [-0.25, -0.2) is 0 Å². The van der Waals surface area contributed by atoms with Crippen LogP contribution in [0.25, 0.3) is 0 Å². The second kappa shape index (κ2) is 2.27. The molecule has 0 atom stereocenters. The molecule has 1 heterocycles. The third-order valence-corrected chi connectivity index (χ3v) is 11.0. The van der Waals surface area contributed by atoms with E-state index in [0.717, 1.165) is 4.58 Å². The van der Waals surface area contributed by atoms with Gasteiger partial charge in [-0.15, -0.1) is 0 Å². The standard InChI is InChI=1S/C5H12S2Si/c1-5(2,3)4-6-8-7-4/h4H,8H2,1-3H3. The molecule has 48 valence electrons. The van der Waals surface area contributed by atoms with Crippen molar-refractivity contribution in [3.63, 3.8) is 0 Å². The highest BCUT2D eigenvalue weighted by Crippen LogP contribution is 2.46. The summed E-state index contributed by atoms with van der Waals surface area (Å²) in [5.74, 6) is 0. The Labute approximate surface area is 61.3 Å². The van der Waals surface area contributed by atoms with Gasteiger partial charge in [0.25, 0.3) is 0 Å². The van der Waals surface area contributed by atoms with Crippen LogP contribution in [0.1, 0.15) is 20.8 Å². The van der Waals surface area contributed by atoms with Crippen LogP contribution in [0.15, 0.2) is 0 Å². The Hall–Kier alpha value is 0.917. The van der Waals surface area contributed by atoms with Crippen LogP contribution in [-0.4, -0.2) is 12.4 Å². The molecular formula is C5H12S2Si. The fraction of sp³-hybridized carbons (Fsp3) is 1.00. The van der Waals surface area contributed by atoms with Gasteiger partial charge >= 0.3 is 0 Å². The van der Waals surface area contributed by atoms with Gasteiger partial charge in [-0.05, 0) is 5.41 Å². The fourth-order valence-corrected chi connectivity index (χ4v) is 8.17. The van der Waals surface area contributed by atoms with Crippen LogP contribution in [0, 0.1) is 5.41 Å². The zero-order valence-corrected chi connectivity index (χ0v) is 8.65. The maximum Gasteiger partial charge on any atom is 0.149 e. The molecule has 0 spiro atoms. The van der Waals surface area contributed by atoms with Gasteiger partial charge in [-0.3, -0.25) is 0 Å². The molecule has 0 bridgehead atoms. The molecule has 0 aromatic heterocycles. The first kappa shape index (κ1) is 7.03. The Morgan fingerprint density at radius 3 is 1.75 bits per heavy atom. The number of hydrogen-bond donors (Lipinski definition) is 0. The molecule has 0 nitrogen and oxygen atoms in total. The highest BCUT2D eigenvalue weighted by atomic mass is 32.6. The molecule has 0 saturated carbocycles. The second-order valence-electron chi connectivity index (χ2n) is 3.15. The van der Waals surface area contributed by atoms with E-state index < -0.39 is 0 Å². The molecule has 0 aromatic carbocycles. The topological polar surface area (TPSA) is 0 Å². The van der Waals surface area contributed by atoms with E-state index in [1.165, 1.54) is 0 Å². The lowest BCUT2D eigenvalue weighted by atomic mass is 10.0. The molecule has 1 aliphatic rings. The first-order chi connectivity index (χ1) is 3.61. The fourth-order valence-electron chi connectivity index (χ4n) is 0.636. The Bertz CT molecular complexity index is 82.9. The Morgan fingerprint density at radius 1 is 1.25 bits per heavy atom. The van der Waals surface area contributed by atoms with Crippen LogP contribution in [-0.2, 0) is 0 Å². The molecule has 0 N–H and O–H groups in total. The van der Waals surface area contributed by atoms with E-state index in [1.807, 2.05) is 0 Å². The van der Waals surface area contributed by atoms with Crippen molar-refractivity contribution in [2.24, 2.45) is 5.41 Å². The highest BCUT2D eigenvalue weighted by Gasteiger charge is 2.30. The summed E-state index contributed by atoms with van der Waals surface area (Å²) >= 11 is 4.43. The van der Waals surface area contributed by atoms with E-state index in [2.05, 4.69) is 43.2 Å². The van der Waals surface area contributed by atoms with Crippen molar-refractivity contribution in [3.05, 3.63) is 0 Å². The molecule has 0 amide bonds. The Balaban J connectivity index is 2.34. The van der Waals surface area contributed by atoms with E-state index in [4.69, 9.17) is 0 Å². The van der Waals surface area contributed by atoms with Crippen molar-refractivity contribution in [1.82, 2.24) is 0 Å². The molecule has 0 radical (unpaired) electrons. The van der Waals surface area contributed by atoms with E-state index in [0.29, 0.717) is 13.2 Å². The van der Waals surface area contributed by atoms with E-state index in [-0.39, 0.29) is 0 Å². The van der Waals surface area contributed by atoms with Crippen molar-refractivity contribution in [2.45, 2.75) is 25.4 Å². The molecule has 3 heteroatoms. The SMILES string of the molecule is CC(C)(C)C1S[SiH2]S1. The zero-order chi connectivity index (χ0) is 6.20. The van der Waals surface area contributed by atoms with Crippen LogP contribution < -0.4 is 0 Å². The predicted octanol–water partition coefficient (Wildman–Crippen LogP) is 1.84.